The van der Waals surface area contributed by atoms with Crippen LogP contribution in [0, 0.1) is 23.0 Å². The summed E-state index contributed by atoms with van der Waals surface area (Å²) < 4.78 is 26.2. The Labute approximate surface area is 120 Å². The summed E-state index contributed by atoms with van der Waals surface area (Å²) in [5.74, 6) is -1.63. The number of halogens is 2. The number of carbonyl (C=O) groups is 1. The monoisotopic (exact) mass is 287 g/mol. The lowest BCUT2D eigenvalue weighted by Crippen LogP contribution is -2.32. The first-order valence-corrected chi connectivity index (χ1v) is 6.07. The molecule has 0 aromatic heterocycles. The molecule has 0 aliphatic carbocycles. The molecule has 2 rings (SSSR count). The summed E-state index contributed by atoms with van der Waals surface area (Å²) in [6.45, 7) is 0. The molecule has 0 saturated heterocycles. The average Bonchev–Trinajstić information content (AvgIpc) is 2.48. The van der Waals surface area contributed by atoms with Gasteiger partial charge in [0.2, 0.25) is 0 Å². The maximum atomic E-state index is 13.4. The lowest BCUT2D eigenvalue weighted by atomic mass is 10.1. The second-order valence-electron chi connectivity index (χ2n) is 4.20. The first kappa shape index (κ1) is 14.5. The highest BCUT2D eigenvalue weighted by Crippen LogP contribution is 2.16. The van der Waals surface area contributed by atoms with Crippen molar-refractivity contribution in [2.45, 2.75) is 6.04 Å². The topological polar surface area (TPSA) is 64.9 Å². The largest absolute Gasteiger partial charge is 0.320 e. The van der Waals surface area contributed by atoms with Gasteiger partial charge in [-0.05, 0) is 17.7 Å². The molecule has 0 aliphatic heterocycles. The summed E-state index contributed by atoms with van der Waals surface area (Å²) in [5, 5.41) is 13.7. The zero-order valence-electron chi connectivity index (χ0n) is 10.8. The van der Waals surface area contributed by atoms with E-state index in [1.54, 1.807) is 30.3 Å². The van der Waals surface area contributed by atoms with E-state index in [9.17, 15) is 13.6 Å². The minimum Gasteiger partial charge on any atom is -0.318 e. The first-order valence-electron chi connectivity index (χ1n) is 6.07. The normalized spacial score (nSPS) is 11.3. The van der Waals surface area contributed by atoms with Crippen molar-refractivity contribution in [2.24, 2.45) is 0 Å². The van der Waals surface area contributed by atoms with Crippen molar-refractivity contribution in [1.82, 2.24) is 5.32 Å². The Balaban J connectivity index is 2.06. The summed E-state index contributed by atoms with van der Waals surface area (Å²) >= 11 is 0. The molecule has 2 amide bonds. The maximum Gasteiger partial charge on any atom is 0.320 e. The molecule has 0 radical (unpaired) electrons. The molecule has 0 aliphatic rings. The van der Waals surface area contributed by atoms with Crippen LogP contribution in [0.5, 0.6) is 0 Å². The van der Waals surface area contributed by atoms with Gasteiger partial charge in [-0.1, -0.05) is 30.3 Å². The number of urea groups is 1. The van der Waals surface area contributed by atoms with Crippen molar-refractivity contribution in [2.75, 3.05) is 5.32 Å². The Morgan fingerprint density at radius 1 is 1.14 bits per heavy atom. The Morgan fingerprint density at radius 2 is 1.86 bits per heavy atom. The van der Waals surface area contributed by atoms with E-state index in [4.69, 9.17) is 5.26 Å². The van der Waals surface area contributed by atoms with Crippen LogP contribution in [0.25, 0.3) is 0 Å². The Hall–Kier alpha value is -2.94. The van der Waals surface area contributed by atoms with Crippen LogP contribution in [0.15, 0.2) is 48.5 Å². The lowest BCUT2D eigenvalue weighted by molar-refractivity contribution is 0.250. The van der Waals surface area contributed by atoms with Crippen molar-refractivity contribution >= 4 is 11.7 Å². The lowest BCUT2D eigenvalue weighted by Gasteiger charge is -2.13. The molecular formula is C15H11F2N3O. The summed E-state index contributed by atoms with van der Waals surface area (Å²) in [7, 11) is 0. The third-order valence-electron chi connectivity index (χ3n) is 2.72. The maximum absolute atomic E-state index is 13.4. The highest BCUT2D eigenvalue weighted by Gasteiger charge is 2.14. The molecule has 2 aromatic rings. The molecule has 21 heavy (non-hydrogen) atoms. The number of amides is 2. The van der Waals surface area contributed by atoms with Gasteiger partial charge in [0.1, 0.15) is 17.7 Å². The number of nitrogens with zero attached hydrogens (tertiary/aromatic N) is 1. The van der Waals surface area contributed by atoms with Crippen LogP contribution < -0.4 is 10.6 Å². The van der Waals surface area contributed by atoms with Crippen molar-refractivity contribution < 1.29 is 13.6 Å². The van der Waals surface area contributed by atoms with Crippen LogP contribution in [0.2, 0.25) is 0 Å². The number of anilines is 1. The van der Waals surface area contributed by atoms with E-state index >= 15 is 0 Å². The first-order chi connectivity index (χ1) is 10.1. The fraction of sp³-hybridized carbons (Fsp3) is 0.0667. The van der Waals surface area contributed by atoms with E-state index in [-0.39, 0.29) is 5.69 Å². The summed E-state index contributed by atoms with van der Waals surface area (Å²) in [4.78, 5) is 11.8. The van der Waals surface area contributed by atoms with Gasteiger partial charge in [-0.15, -0.1) is 0 Å². The van der Waals surface area contributed by atoms with Gasteiger partial charge >= 0.3 is 6.03 Å². The van der Waals surface area contributed by atoms with E-state index in [1.165, 1.54) is 0 Å². The number of hydrogen-bond donors (Lipinski definition) is 2. The molecule has 0 heterocycles. The zero-order chi connectivity index (χ0) is 15.2. The molecule has 0 spiro atoms. The van der Waals surface area contributed by atoms with Gasteiger partial charge < -0.3 is 10.6 Å². The minimum absolute atomic E-state index is 0.168. The number of benzene rings is 2. The standard InChI is InChI=1S/C15H11F2N3O/c16-11-6-7-13(12(17)8-11)19-15(21)20-14(9-18)10-4-2-1-3-5-10/h1-8,14H,(H2,19,20,21). The van der Waals surface area contributed by atoms with Crippen molar-refractivity contribution in [3.8, 4) is 6.07 Å². The number of rotatable bonds is 3. The van der Waals surface area contributed by atoms with E-state index in [0.717, 1.165) is 12.1 Å². The molecule has 2 aromatic carbocycles. The molecule has 2 N–H and O–H groups in total. The van der Waals surface area contributed by atoms with Crippen LogP contribution in [-0.4, -0.2) is 6.03 Å². The Bertz CT molecular complexity index is 683. The average molecular weight is 287 g/mol. The molecule has 0 fully saturated rings. The fourth-order valence-electron chi connectivity index (χ4n) is 1.72. The molecule has 0 saturated carbocycles. The van der Waals surface area contributed by atoms with Crippen LogP contribution in [0.1, 0.15) is 11.6 Å². The van der Waals surface area contributed by atoms with Crippen molar-refractivity contribution in [3.05, 3.63) is 65.7 Å². The highest BCUT2D eigenvalue weighted by molar-refractivity contribution is 5.89. The number of carbonyl (C=O) groups excluding carboxylic acids is 1. The van der Waals surface area contributed by atoms with Crippen LogP contribution in [0.4, 0.5) is 19.3 Å². The molecule has 1 unspecified atom stereocenters. The molecule has 4 nitrogen and oxygen atoms in total. The van der Waals surface area contributed by atoms with Crippen LogP contribution >= 0.6 is 0 Å². The van der Waals surface area contributed by atoms with Gasteiger partial charge in [0.25, 0.3) is 0 Å². The van der Waals surface area contributed by atoms with Crippen LogP contribution in [-0.2, 0) is 0 Å². The third kappa shape index (κ3) is 3.76. The van der Waals surface area contributed by atoms with E-state index < -0.39 is 23.7 Å². The second kappa shape index (κ2) is 6.48. The van der Waals surface area contributed by atoms with Crippen molar-refractivity contribution in [1.29, 1.82) is 5.26 Å². The van der Waals surface area contributed by atoms with Gasteiger partial charge in [-0.3, -0.25) is 0 Å². The van der Waals surface area contributed by atoms with Crippen LogP contribution in [0.3, 0.4) is 0 Å². The minimum atomic E-state index is -0.890. The second-order valence-corrected chi connectivity index (χ2v) is 4.20. The van der Waals surface area contributed by atoms with Gasteiger partial charge in [0, 0.05) is 6.07 Å². The zero-order valence-corrected chi connectivity index (χ0v) is 10.8. The quantitative estimate of drug-likeness (QED) is 0.909. The van der Waals surface area contributed by atoms with E-state index in [2.05, 4.69) is 10.6 Å². The van der Waals surface area contributed by atoms with Gasteiger partial charge in [-0.25, -0.2) is 13.6 Å². The summed E-state index contributed by atoms with van der Waals surface area (Å²) in [6, 6.07) is 11.7. The van der Waals surface area contributed by atoms with Gasteiger partial charge in [0.05, 0.1) is 11.8 Å². The highest BCUT2D eigenvalue weighted by atomic mass is 19.1. The van der Waals surface area contributed by atoms with Gasteiger partial charge in [0.15, 0.2) is 0 Å². The molecule has 106 valence electrons. The number of hydrogen-bond acceptors (Lipinski definition) is 2. The molecule has 1 atom stereocenters. The Morgan fingerprint density at radius 3 is 2.48 bits per heavy atom. The molecule has 0 bridgehead atoms. The number of nitrogens with one attached hydrogen (secondary N) is 2. The predicted octanol–water partition coefficient (Wildman–Crippen LogP) is 3.35. The number of nitriles is 1. The predicted molar refractivity (Wildman–Crippen MR) is 73.3 cm³/mol. The van der Waals surface area contributed by atoms with Gasteiger partial charge in [-0.2, -0.15) is 5.26 Å². The van der Waals surface area contributed by atoms with E-state index in [1.807, 2.05) is 6.07 Å². The van der Waals surface area contributed by atoms with Crippen molar-refractivity contribution in [3.63, 3.8) is 0 Å². The molecular weight excluding hydrogens is 276 g/mol. The SMILES string of the molecule is N#CC(NC(=O)Nc1ccc(F)cc1F)c1ccccc1. The summed E-state index contributed by atoms with van der Waals surface area (Å²) in [5.41, 5.74) is 0.438. The van der Waals surface area contributed by atoms with E-state index in [0.29, 0.717) is 11.6 Å². The molecule has 6 heteroatoms. The fourth-order valence-corrected chi connectivity index (χ4v) is 1.72. The Kier molecular flexibility index (Phi) is 4.46. The third-order valence-corrected chi connectivity index (χ3v) is 2.72. The summed E-state index contributed by atoms with van der Waals surface area (Å²) in [6.07, 6.45) is 0. The smallest absolute Gasteiger partial charge is 0.318 e.